The van der Waals surface area contributed by atoms with Gasteiger partial charge in [0.15, 0.2) is 24.8 Å². The molecule has 3 aliphatic heterocycles. The van der Waals surface area contributed by atoms with Gasteiger partial charge in [0.1, 0.15) is 36.6 Å². The highest BCUT2D eigenvalue weighted by Gasteiger charge is 2.57. The zero-order chi connectivity index (χ0) is 45.2. The van der Waals surface area contributed by atoms with Crippen LogP contribution in [0.5, 0.6) is 0 Å². The Morgan fingerprint density at radius 1 is 0.561 bits per heavy atom. The first-order chi connectivity index (χ1) is 32.4. The summed E-state index contributed by atoms with van der Waals surface area (Å²) >= 11 is 0. The number of hydrogen-bond acceptors (Lipinski definition) is 12. The summed E-state index contributed by atoms with van der Waals surface area (Å²) in [6.07, 6.45) is -9.20. The molecule has 13 heteroatoms. The Bertz CT molecular complexity index is 2530. The summed E-state index contributed by atoms with van der Waals surface area (Å²) in [4.78, 5) is 41.1. The third kappa shape index (κ3) is 10.9. The van der Waals surface area contributed by atoms with Crippen molar-refractivity contribution < 1.29 is 57.0 Å². The maximum absolute atomic E-state index is 14.1. The minimum Gasteiger partial charge on any atom is -0.453 e. The van der Waals surface area contributed by atoms with E-state index < -0.39 is 79.2 Å². The fraction of sp³-hybridized carbons (Fsp3) is 0.302. The van der Waals surface area contributed by atoms with E-state index in [2.05, 4.69) is 5.32 Å². The Morgan fingerprint density at radius 2 is 1.12 bits per heavy atom. The van der Waals surface area contributed by atoms with E-state index in [-0.39, 0.29) is 33.0 Å². The molecular weight excluding hydrogens is 843 g/mol. The van der Waals surface area contributed by atoms with Crippen LogP contribution in [-0.4, -0.2) is 92.4 Å². The molecule has 0 saturated carbocycles. The Balaban J connectivity index is 1.07. The van der Waals surface area contributed by atoms with E-state index in [9.17, 15) is 14.4 Å². The number of rotatable bonds is 17. The molecule has 3 saturated heterocycles. The monoisotopic (exact) mass is 893 g/mol. The molecule has 6 aromatic rings. The van der Waals surface area contributed by atoms with Gasteiger partial charge >= 0.3 is 11.9 Å². The molecule has 9 rings (SSSR count). The van der Waals surface area contributed by atoms with Crippen molar-refractivity contribution in [2.45, 2.75) is 88.1 Å². The first-order valence-corrected chi connectivity index (χ1v) is 22.1. The number of esters is 2. The second kappa shape index (κ2) is 21.3. The van der Waals surface area contributed by atoms with Crippen molar-refractivity contribution in [1.29, 1.82) is 0 Å². The Kier molecular flexibility index (Phi) is 14.5. The summed E-state index contributed by atoms with van der Waals surface area (Å²) < 4.78 is 58.7. The zero-order valence-corrected chi connectivity index (χ0v) is 36.3. The van der Waals surface area contributed by atoms with Crippen LogP contribution < -0.4 is 5.32 Å². The Morgan fingerprint density at radius 3 is 1.77 bits per heavy atom. The molecule has 0 spiro atoms. The van der Waals surface area contributed by atoms with Crippen LogP contribution in [0.4, 0.5) is 0 Å². The van der Waals surface area contributed by atoms with Crippen LogP contribution in [0.1, 0.15) is 44.3 Å². The lowest BCUT2D eigenvalue weighted by molar-refractivity contribution is -0.326. The summed E-state index contributed by atoms with van der Waals surface area (Å²) in [6, 6.07) is 49.3. The van der Waals surface area contributed by atoms with Crippen LogP contribution in [0.3, 0.4) is 0 Å². The normalized spacial score (nSPS) is 25.8. The highest BCUT2D eigenvalue weighted by atomic mass is 16.8. The predicted octanol–water partition coefficient (Wildman–Crippen LogP) is 7.35. The van der Waals surface area contributed by atoms with Crippen LogP contribution in [0.15, 0.2) is 164 Å². The lowest BCUT2D eigenvalue weighted by Gasteiger charge is -2.48. The molecule has 1 N–H and O–H groups in total. The summed E-state index contributed by atoms with van der Waals surface area (Å²) in [7, 11) is 0. The van der Waals surface area contributed by atoms with Crippen molar-refractivity contribution in [3.05, 3.63) is 192 Å². The van der Waals surface area contributed by atoms with Crippen LogP contribution >= 0.6 is 0 Å². The van der Waals surface area contributed by atoms with Gasteiger partial charge in [0, 0.05) is 6.92 Å². The van der Waals surface area contributed by atoms with Gasteiger partial charge < -0.3 is 47.9 Å². The van der Waals surface area contributed by atoms with Crippen LogP contribution in [0.2, 0.25) is 0 Å². The number of amides is 1. The molecular formula is C53H51NO12. The topological polar surface area (TPSA) is 146 Å². The van der Waals surface area contributed by atoms with E-state index in [1.54, 1.807) is 60.7 Å². The van der Waals surface area contributed by atoms with Gasteiger partial charge in [-0.25, -0.2) is 9.59 Å². The number of fused-ring (bicyclic) bond motifs is 3. The lowest BCUT2D eigenvalue weighted by atomic mass is 9.94. The molecule has 1 amide bonds. The molecule has 0 radical (unpaired) electrons. The Labute approximate surface area is 382 Å². The van der Waals surface area contributed by atoms with E-state index in [1.807, 2.05) is 103 Å². The van der Waals surface area contributed by atoms with Gasteiger partial charge in [-0.3, -0.25) is 4.79 Å². The predicted molar refractivity (Wildman–Crippen MR) is 241 cm³/mol. The molecule has 6 aromatic carbocycles. The van der Waals surface area contributed by atoms with Crippen molar-refractivity contribution in [2.75, 3.05) is 13.2 Å². The highest BCUT2D eigenvalue weighted by Crippen LogP contribution is 2.38. The first-order valence-electron chi connectivity index (χ1n) is 22.1. The maximum atomic E-state index is 14.1. The molecule has 3 heterocycles. The van der Waals surface area contributed by atoms with Gasteiger partial charge in [-0.05, 0) is 57.8 Å². The minimum absolute atomic E-state index is 0.0235. The molecule has 3 aliphatic rings. The van der Waals surface area contributed by atoms with Crippen LogP contribution in [0.25, 0.3) is 10.8 Å². The van der Waals surface area contributed by atoms with Crippen molar-refractivity contribution in [2.24, 2.45) is 0 Å². The number of nitrogens with one attached hydrogen (secondary N) is 1. The quantitative estimate of drug-likeness (QED) is 0.0914. The maximum Gasteiger partial charge on any atom is 0.338 e. The van der Waals surface area contributed by atoms with Gasteiger partial charge in [-0.2, -0.15) is 0 Å². The molecule has 2 bridgehead atoms. The van der Waals surface area contributed by atoms with E-state index in [4.69, 9.17) is 42.6 Å². The fourth-order valence-corrected chi connectivity index (χ4v) is 8.54. The second-order valence-electron chi connectivity index (χ2n) is 16.4. The van der Waals surface area contributed by atoms with E-state index >= 15 is 0 Å². The third-order valence-electron chi connectivity index (χ3n) is 11.8. The second-order valence-corrected chi connectivity index (χ2v) is 16.4. The molecule has 10 atom stereocenters. The zero-order valence-electron chi connectivity index (χ0n) is 36.3. The molecule has 3 fully saturated rings. The molecule has 66 heavy (non-hydrogen) atoms. The number of ether oxygens (including phenoxy) is 9. The van der Waals surface area contributed by atoms with E-state index in [0.29, 0.717) is 11.1 Å². The van der Waals surface area contributed by atoms with E-state index in [0.717, 1.165) is 27.5 Å². The summed E-state index contributed by atoms with van der Waals surface area (Å²) in [5.74, 6) is -1.70. The van der Waals surface area contributed by atoms with E-state index in [1.165, 1.54) is 6.92 Å². The van der Waals surface area contributed by atoms with Gasteiger partial charge in [-0.15, -0.1) is 0 Å². The standard InChI is InChI=1S/C53H51NO12/c1-34(55)54-44-47(64-50(56)39-21-10-4-11-22-39)45(59-31-37-26-27-38-20-14-15-25-41(38)28-37)42(32-58-29-35-16-6-2-7-17-35)62-52(44)66-46-43-33-61-53(63-43)49(65-51(57)40-23-12-5-13-24-40)48(46)60-30-36-18-8-3-9-19-36/h2-28,42-49,52-53H,29-33H2,1H3,(H,54,55)/t42-,43+,44-,45-,46+,47-,48-,49-,52-,53-/m1/s1. The number of benzene rings is 6. The van der Waals surface area contributed by atoms with Crippen molar-refractivity contribution in [1.82, 2.24) is 5.32 Å². The summed E-state index contributed by atoms with van der Waals surface area (Å²) in [5.41, 5.74) is 3.28. The lowest BCUT2D eigenvalue weighted by Crippen LogP contribution is -2.68. The van der Waals surface area contributed by atoms with Crippen molar-refractivity contribution in [3.8, 4) is 0 Å². The van der Waals surface area contributed by atoms with Crippen LogP contribution in [-0.2, 0) is 67.2 Å². The molecule has 0 unspecified atom stereocenters. The van der Waals surface area contributed by atoms with Gasteiger partial charge in [-0.1, -0.05) is 133 Å². The smallest absolute Gasteiger partial charge is 0.338 e. The SMILES string of the molecule is CC(=O)N[C@H]1[C@@H](O[C@@H]2[C@@H](OCc3ccccc3)[C@@H](OC(=O)c3ccccc3)[C@@H]3OC[C@@H]2O3)O[C@H](COCc2ccccc2)[C@@H](OCc2ccc3ccccc3c2)[C@@H]1OC(=O)c1ccccc1. The average Bonchev–Trinajstić information content (AvgIpc) is 3.80. The number of hydrogen-bond donors (Lipinski definition) is 1. The summed E-state index contributed by atoms with van der Waals surface area (Å²) in [5, 5.41) is 5.08. The minimum atomic E-state index is -1.33. The van der Waals surface area contributed by atoms with Gasteiger partial charge in [0.25, 0.3) is 0 Å². The molecule has 0 aliphatic carbocycles. The molecule has 13 nitrogen and oxygen atoms in total. The fourth-order valence-electron chi connectivity index (χ4n) is 8.54. The summed E-state index contributed by atoms with van der Waals surface area (Å²) in [6.45, 7) is 1.89. The Hall–Kier alpha value is -6.29. The average molecular weight is 894 g/mol. The van der Waals surface area contributed by atoms with Gasteiger partial charge in [0.2, 0.25) is 5.91 Å². The largest absolute Gasteiger partial charge is 0.453 e. The number of carbonyl (C=O) groups is 3. The molecule has 340 valence electrons. The molecule has 0 aromatic heterocycles. The highest BCUT2D eigenvalue weighted by molar-refractivity contribution is 5.90. The number of carbonyl (C=O) groups excluding carboxylic acids is 3. The van der Waals surface area contributed by atoms with Crippen molar-refractivity contribution in [3.63, 3.8) is 0 Å². The van der Waals surface area contributed by atoms with Crippen molar-refractivity contribution >= 4 is 28.6 Å². The first kappa shape index (κ1) is 44.9. The third-order valence-corrected chi connectivity index (χ3v) is 11.8. The van der Waals surface area contributed by atoms with Gasteiger partial charge in [0.05, 0.1) is 44.2 Å². The van der Waals surface area contributed by atoms with Crippen LogP contribution in [0, 0.1) is 0 Å².